The van der Waals surface area contributed by atoms with Gasteiger partial charge in [-0.3, -0.25) is 0 Å². The van der Waals surface area contributed by atoms with Crippen molar-refractivity contribution < 1.29 is 24.1 Å². The minimum Gasteiger partial charge on any atom is -0.490 e. The molecule has 1 unspecified atom stereocenters. The van der Waals surface area contributed by atoms with Crippen molar-refractivity contribution in [2.75, 3.05) is 32.2 Å². The number of aliphatic hydroxyl groups is 1. The fraction of sp³-hybridized carbons (Fsp3) is 0.594. The Hall–Kier alpha value is -2.57. The summed E-state index contributed by atoms with van der Waals surface area (Å²) < 4.78 is 18.1. The van der Waals surface area contributed by atoms with Gasteiger partial charge in [0, 0.05) is 19.1 Å². The van der Waals surface area contributed by atoms with Gasteiger partial charge in [-0.2, -0.15) is 0 Å². The molecule has 3 aliphatic carbocycles. The van der Waals surface area contributed by atoms with Crippen LogP contribution in [0, 0.1) is 17.8 Å². The van der Waals surface area contributed by atoms with E-state index in [1.807, 2.05) is 18.2 Å². The SMILES string of the molecule is CO[C@@H]([C@H]1CCC[C@@H](O)C1)[C@@H]1CC[C@H]1COC(=O)c1ccc2c(c1)NCC1(CCCc3ccccc31)CO2. The van der Waals surface area contributed by atoms with Gasteiger partial charge in [-0.05, 0) is 98.4 Å². The van der Waals surface area contributed by atoms with Gasteiger partial charge in [0.2, 0.25) is 0 Å². The van der Waals surface area contributed by atoms with Crippen molar-refractivity contribution in [3.05, 3.63) is 59.2 Å². The van der Waals surface area contributed by atoms with Gasteiger partial charge in [0.25, 0.3) is 0 Å². The average molecular weight is 520 g/mol. The maximum Gasteiger partial charge on any atom is 0.338 e. The largest absolute Gasteiger partial charge is 0.490 e. The Balaban J connectivity index is 1.08. The Bertz CT molecular complexity index is 1150. The van der Waals surface area contributed by atoms with E-state index < -0.39 is 0 Å². The van der Waals surface area contributed by atoms with E-state index in [4.69, 9.17) is 14.2 Å². The molecule has 6 nitrogen and oxygen atoms in total. The molecule has 4 aliphatic rings. The van der Waals surface area contributed by atoms with Crippen LogP contribution in [0.2, 0.25) is 0 Å². The van der Waals surface area contributed by atoms with Crippen LogP contribution in [-0.2, 0) is 21.3 Å². The molecule has 38 heavy (non-hydrogen) atoms. The molecule has 204 valence electrons. The molecular formula is C32H41NO5. The summed E-state index contributed by atoms with van der Waals surface area (Å²) in [5.41, 5.74) is 4.16. The maximum absolute atomic E-state index is 13.1. The number of esters is 1. The molecule has 6 atom stereocenters. The number of carbonyl (C=O) groups is 1. The van der Waals surface area contributed by atoms with Gasteiger partial charge in [-0.1, -0.05) is 30.7 Å². The van der Waals surface area contributed by atoms with Crippen LogP contribution in [0.4, 0.5) is 5.69 Å². The summed E-state index contributed by atoms with van der Waals surface area (Å²) >= 11 is 0. The second-order valence-corrected chi connectivity index (χ2v) is 12.0. The van der Waals surface area contributed by atoms with Crippen molar-refractivity contribution in [1.29, 1.82) is 0 Å². The smallest absolute Gasteiger partial charge is 0.338 e. The van der Waals surface area contributed by atoms with E-state index in [0.717, 1.165) is 75.8 Å². The lowest BCUT2D eigenvalue weighted by atomic mass is 9.66. The highest BCUT2D eigenvalue weighted by Crippen LogP contribution is 2.44. The van der Waals surface area contributed by atoms with Gasteiger partial charge < -0.3 is 24.6 Å². The molecule has 0 amide bonds. The Morgan fingerprint density at radius 3 is 2.87 bits per heavy atom. The summed E-state index contributed by atoms with van der Waals surface area (Å²) in [6.07, 6.45) is 9.31. The fourth-order valence-corrected chi connectivity index (χ4v) is 7.51. The quantitative estimate of drug-likeness (QED) is 0.490. The van der Waals surface area contributed by atoms with Crippen molar-refractivity contribution in [3.63, 3.8) is 0 Å². The highest BCUT2D eigenvalue weighted by atomic mass is 16.5. The van der Waals surface area contributed by atoms with Crippen LogP contribution in [0.1, 0.15) is 72.9 Å². The number of carbonyl (C=O) groups excluding carboxylic acids is 1. The Labute approximate surface area is 226 Å². The molecule has 1 heterocycles. The van der Waals surface area contributed by atoms with Crippen LogP contribution in [0.5, 0.6) is 5.75 Å². The molecule has 0 aromatic heterocycles. The fourth-order valence-electron chi connectivity index (χ4n) is 7.51. The molecule has 2 N–H and O–H groups in total. The molecule has 2 fully saturated rings. The number of benzene rings is 2. The second kappa shape index (κ2) is 10.9. The van der Waals surface area contributed by atoms with Gasteiger partial charge in [0.1, 0.15) is 5.75 Å². The topological polar surface area (TPSA) is 77.0 Å². The summed E-state index contributed by atoms with van der Waals surface area (Å²) in [4.78, 5) is 13.1. The molecule has 0 radical (unpaired) electrons. The lowest BCUT2D eigenvalue weighted by Crippen LogP contribution is -2.45. The van der Waals surface area contributed by atoms with Gasteiger partial charge >= 0.3 is 5.97 Å². The summed E-state index contributed by atoms with van der Waals surface area (Å²) in [5, 5.41) is 13.8. The molecule has 6 heteroatoms. The maximum atomic E-state index is 13.1. The van der Waals surface area contributed by atoms with Crippen LogP contribution in [0.3, 0.4) is 0 Å². The number of fused-ring (bicyclic) bond motifs is 3. The van der Waals surface area contributed by atoms with Crippen LogP contribution >= 0.6 is 0 Å². The van der Waals surface area contributed by atoms with Crippen molar-refractivity contribution >= 4 is 11.7 Å². The predicted molar refractivity (Wildman–Crippen MR) is 147 cm³/mol. The van der Waals surface area contributed by atoms with Crippen molar-refractivity contribution in [2.45, 2.75) is 75.4 Å². The standard InChI is InChI=1S/C32H41NO5/c1-36-30(22-7-4-9-25(34)16-22)26-13-11-24(26)18-37-31(35)23-12-14-29-28(17-23)33-19-32(20-38-29)15-5-8-21-6-2-3-10-27(21)32/h2-3,6,10,12,14,17,22,24-26,30,33-34H,4-5,7-9,11,13,15-16,18-20H2,1H3/t22-,24-,25+,26+,30-,32?/m0/s1. The number of methoxy groups -OCH3 is 1. The van der Waals surface area contributed by atoms with Gasteiger partial charge in [-0.15, -0.1) is 0 Å². The number of ether oxygens (including phenoxy) is 3. The molecule has 6 rings (SSSR count). The van der Waals surface area contributed by atoms with E-state index in [1.165, 1.54) is 11.1 Å². The summed E-state index contributed by atoms with van der Waals surface area (Å²) in [6.45, 7) is 1.84. The third-order valence-electron chi connectivity index (χ3n) is 9.78. The van der Waals surface area contributed by atoms with Gasteiger partial charge in [0.05, 0.1) is 36.7 Å². The number of anilines is 1. The first kappa shape index (κ1) is 25.7. The molecule has 1 aliphatic heterocycles. The van der Waals surface area contributed by atoms with Crippen LogP contribution in [-0.4, -0.2) is 50.2 Å². The third kappa shape index (κ3) is 4.93. The van der Waals surface area contributed by atoms with E-state index >= 15 is 0 Å². The molecule has 2 saturated carbocycles. The van der Waals surface area contributed by atoms with E-state index in [-0.39, 0.29) is 23.6 Å². The first-order chi connectivity index (χ1) is 18.6. The number of hydrogen-bond acceptors (Lipinski definition) is 6. The third-order valence-corrected chi connectivity index (χ3v) is 9.78. The van der Waals surface area contributed by atoms with Crippen LogP contribution in [0.15, 0.2) is 42.5 Å². The first-order valence-electron chi connectivity index (χ1n) is 14.5. The van der Waals surface area contributed by atoms with E-state index in [0.29, 0.717) is 36.5 Å². The zero-order valence-corrected chi connectivity index (χ0v) is 22.5. The summed E-state index contributed by atoms with van der Waals surface area (Å²) in [6, 6.07) is 14.3. The number of aryl methyl sites for hydroxylation is 1. The number of nitrogens with one attached hydrogen (secondary N) is 1. The Morgan fingerprint density at radius 1 is 1.16 bits per heavy atom. The highest BCUT2D eigenvalue weighted by molar-refractivity contribution is 5.91. The van der Waals surface area contributed by atoms with Crippen molar-refractivity contribution in [2.24, 2.45) is 17.8 Å². The van der Waals surface area contributed by atoms with E-state index in [1.54, 1.807) is 7.11 Å². The molecule has 2 aromatic carbocycles. The number of rotatable bonds is 6. The predicted octanol–water partition coefficient (Wildman–Crippen LogP) is 5.51. The van der Waals surface area contributed by atoms with Crippen molar-refractivity contribution in [3.8, 4) is 5.75 Å². The molecular weight excluding hydrogens is 478 g/mol. The molecule has 1 spiro atoms. The lowest BCUT2D eigenvalue weighted by molar-refractivity contribution is -0.0855. The van der Waals surface area contributed by atoms with Crippen LogP contribution in [0.25, 0.3) is 0 Å². The average Bonchev–Trinajstić information content (AvgIpc) is 3.11. The second-order valence-electron chi connectivity index (χ2n) is 12.0. The van der Waals surface area contributed by atoms with Crippen molar-refractivity contribution in [1.82, 2.24) is 0 Å². The van der Waals surface area contributed by atoms with Gasteiger partial charge in [-0.25, -0.2) is 4.79 Å². The minimum absolute atomic E-state index is 0.0555. The Kier molecular flexibility index (Phi) is 7.37. The number of aliphatic hydroxyl groups excluding tert-OH is 1. The zero-order chi connectivity index (χ0) is 26.1. The molecule has 0 bridgehead atoms. The zero-order valence-electron chi connectivity index (χ0n) is 22.5. The summed E-state index contributed by atoms with van der Waals surface area (Å²) in [7, 11) is 1.79. The number of hydrogen-bond donors (Lipinski definition) is 2. The minimum atomic E-state index is -0.288. The summed E-state index contributed by atoms with van der Waals surface area (Å²) in [5.74, 6) is 1.60. The van der Waals surface area contributed by atoms with E-state index in [9.17, 15) is 9.90 Å². The highest BCUT2D eigenvalue weighted by Gasteiger charge is 2.43. The monoisotopic (exact) mass is 519 g/mol. The van der Waals surface area contributed by atoms with Crippen LogP contribution < -0.4 is 10.1 Å². The molecule has 2 aromatic rings. The normalized spacial score (nSPS) is 31.0. The Morgan fingerprint density at radius 2 is 2.05 bits per heavy atom. The molecule has 0 saturated heterocycles. The lowest BCUT2D eigenvalue weighted by Gasteiger charge is -2.45. The van der Waals surface area contributed by atoms with E-state index in [2.05, 4.69) is 29.6 Å². The van der Waals surface area contributed by atoms with Gasteiger partial charge in [0.15, 0.2) is 0 Å². The first-order valence-corrected chi connectivity index (χ1v) is 14.5.